The molecule has 0 aromatic rings. The van der Waals surface area contributed by atoms with E-state index in [1.54, 1.807) is 0 Å². The van der Waals surface area contributed by atoms with E-state index in [2.05, 4.69) is 21.9 Å². The molecule has 0 aromatic carbocycles. The lowest BCUT2D eigenvalue weighted by Crippen LogP contribution is -2.53. The van der Waals surface area contributed by atoms with E-state index in [9.17, 15) is 8.42 Å². The van der Waals surface area contributed by atoms with Crippen molar-refractivity contribution in [1.29, 1.82) is 0 Å². The second-order valence-corrected chi connectivity index (χ2v) is 7.60. The smallest absolute Gasteiger partial charge is 0.209 e. The van der Waals surface area contributed by atoms with Gasteiger partial charge in [-0.05, 0) is 46.3 Å². The summed E-state index contributed by atoms with van der Waals surface area (Å²) in [6.07, 6.45) is 3.49. The highest BCUT2D eigenvalue weighted by molar-refractivity contribution is 7.88. The molecule has 1 aliphatic rings. The quantitative estimate of drug-likeness (QED) is 0.737. The van der Waals surface area contributed by atoms with E-state index < -0.39 is 15.6 Å². The minimum Gasteiger partial charge on any atom is -0.312 e. The largest absolute Gasteiger partial charge is 0.312 e. The van der Waals surface area contributed by atoms with Crippen LogP contribution in [0.3, 0.4) is 0 Å². The van der Waals surface area contributed by atoms with Crippen LogP contribution < -0.4 is 10.0 Å². The summed E-state index contributed by atoms with van der Waals surface area (Å²) in [4.78, 5) is 2.44. The molecule has 0 spiro atoms. The maximum Gasteiger partial charge on any atom is 0.209 e. The maximum atomic E-state index is 11.2. The Morgan fingerprint density at radius 2 is 1.83 bits per heavy atom. The third-order valence-electron chi connectivity index (χ3n) is 3.33. The summed E-state index contributed by atoms with van der Waals surface area (Å²) in [7, 11) is -3.15. The van der Waals surface area contributed by atoms with Crippen molar-refractivity contribution >= 4 is 10.0 Å². The molecule has 2 N–H and O–H groups in total. The summed E-state index contributed by atoms with van der Waals surface area (Å²) in [5, 5.41) is 3.48. The molecule has 0 aliphatic carbocycles. The van der Waals surface area contributed by atoms with E-state index in [1.165, 1.54) is 6.26 Å². The van der Waals surface area contributed by atoms with E-state index in [-0.39, 0.29) is 0 Å². The molecule has 1 heterocycles. The molecule has 0 saturated carbocycles. The zero-order valence-electron chi connectivity index (χ0n) is 12.0. The van der Waals surface area contributed by atoms with Crippen molar-refractivity contribution in [3.63, 3.8) is 0 Å². The normalized spacial score (nSPS) is 20.2. The number of hydrogen-bond donors (Lipinski definition) is 2. The van der Waals surface area contributed by atoms with Crippen LogP contribution in [0.2, 0.25) is 0 Å². The van der Waals surface area contributed by atoms with Crippen LogP contribution in [0.5, 0.6) is 0 Å². The Labute approximate surface area is 111 Å². The first-order chi connectivity index (χ1) is 8.22. The highest BCUT2D eigenvalue weighted by Gasteiger charge is 2.24. The lowest BCUT2D eigenvalue weighted by atomic mass is 10.0. The highest BCUT2D eigenvalue weighted by atomic mass is 32.2. The predicted octanol–water partition coefficient (Wildman–Crippen LogP) is 0.388. The number of nitrogens with zero attached hydrogens (tertiary/aromatic N) is 1. The van der Waals surface area contributed by atoms with Gasteiger partial charge in [-0.2, -0.15) is 0 Å². The number of nitrogens with one attached hydrogen (secondary N) is 2. The average Bonchev–Trinajstić information content (AvgIpc) is 2.24. The Morgan fingerprint density at radius 1 is 1.28 bits per heavy atom. The minimum atomic E-state index is -3.15. The molecule has 0 unspecified atom stereocenters. The molecule has 0 aromatic heterocycles. The van der Waals surface area contributed by atoms with Crippen LogP contribution in [0, 0.1) is 0 Å². The lowest BCUT2D eigenvalue weighted by Gasteiger charge is -2.34. The van der Waals surface area contributed by atoms with Crippen LogP contribution in [-0.4, -0.2) is 57.3 Å². The van der Waals surface area contributed by atoms with E-state index in [1.807, 2.05) is 13.8 Å². The fraction of sp³-hybridized carbons (Fsp3) is 1.00. The van der Waals surface area contributed by atoms with Gasteiger partial charge < -0.3 is 10.2 Å². The second kappa shape index (κ2) is 6.32. The fourth-order valence-electron chi connectivity index (χ4n) is 2.39. The Kier molecular flexibility index (Phi) is 5.58. The van der Waals surface area contributed by atoms with E-state index in [4.69, 9.17) is 0 Å². The number of rotatable bonds is 6. The number of hydrogen-bond acceptors (Lipinski definition) is 4. The van der Waals surface area contributed by atoms with Crippen molar-refractivity contribution in [3.8, 4) is 0 Å². The molecule has 1 aliphatic heterocycles. The molecule has 1 fully saturated rings. The summed E-state index contributed by atoms with van der Waals surface area (Å²) in [6.45, 7) is 10.0. The topological polar surface area (TPSA) is 61.4 Å². The summed E-state index contributed by atoms with van der Waals surface area (Å²) in [6, 6.07) is 0.508. The van der Waals surface area contributed by atoms with Crippen molar-refractivity contribution in [3.05, 3.63) is 0 Å². The van der Waals surface area contributed by atoms with Crippen LogP contribution in [0.15, 0.2) is 0 Å². The lowest BCUT2D eigenvalue weighted by molar-refractivity contribution is 0.201. The zero-order valence-corrected chi connectivity index (χ0v) is 12.8. The summed E-state index contributed by atoms with van der Waals surface area (Å²) < 4.78 is 25.1. The SMILES string of the molecule is CCN1CCC(NCC(C)(C)NS(C)(=O)=O)CC1. The number of piperidine rings is 1. The summed E-state index contributed by atoms with van der Waals surface area (Å²) in [5.41, 5.74) is -0.435. The molecular formula is C12H27N3O2S. The van der Waals surface area contributed by atoms with Gasteiger partial charge in [0.25, 0.3) is 0 Å². The molecule has 5 nitrogen and oxygen atoms in total. The third-order valence-corrected chi connectivity index (χ3v) is 4.25. The molecule has 18 heavy (non-hydrogen) atoms. The molecule has 0 bridgehead atoms. The van der Waals surface area contributed by atoms with Crippen molar-refractivity contribution in [2.45, 2.75) is 45.2 Å². The van der Waals surface area contributed by atoms with Gasteiger partial charge in [-0.1, -0.05) is 6.92 Å². The molecule has 1 rings (SSSR count). The Bertz CT molecular complexity index is 346. The standard InChI is InChI=1S/C12H27N3O2S/c1-5-15-8-6-11(7-9-15)13-10-12(2,3)14-18(4,16)17/h11,13-14H,5-10H2,1-4H3. The fourth-order valence-corrected chi connectivity index (χ4v) is 3.47. The van der Waals surface area contributed by atoms with Gasteiger partial charge in [0.15, 0.2) is 0 Å². The van der Waals surface area contributed by atoms with Gasteiger partial charge in [0.2, 0.25) is 10.0 Å². The van der Waals surface area contributed by atoms with Crippen LogP contribution in [-0.2, 0) is 10.0 Å². The van der Waals surface area contributed by atoms with E-state index in [0.29, 0.717) is 12.6 Å². The molecule has 108 valence electrons. The average molecular weight is 277 g/mol. The summed E-state index contributed by atoms with van der Waals surface area (Å²) in [5.74, 6) is 0. The molecule has 0 radical (unpaired) electrons. The summed E-state index contributed by atoms with van der Waals surface area (Å²) >= 11 is 0. The molecule has 0 amide bonds. The molecule has 0 atom stereocenters. The van der Waals surface area contributed by atoms with Crippen LogP contribution in [0.1, 0.15) is 33.6 Å². The van der Waals surface area contributed by atoms with Gasteiger partial charge in [-0.3, -0.25) is 0 Å². The van der Waals surface area contributed by atoms with Gasteiger partial charge in [0.05, 0.1) is 6.26 Å². The van der Waals surface area contributed by atoms with Crippen LogP contribution >= 0.6 is 0 Å². The second-order valence-electron chi connectivity index (χ2n) is 5.85. The van der Waals surface area contributed by atoms with Gasteiger partial charge >= 0.3 is 0 Å². The monoisotopic (exact) mass is 277 g/mol. The maximum absolute atomic E-state index is 11.2. The molecule has 6 heteroatoms. The first-order valence-corrected chi connectivity index (χ1v) is 8.56. The number of sulfonamides is 1. The third kappa shape index (κ3) is 6.13. The van der Waals surface area contributed by atoms with Gasteiger partial charge in [0, 0.05) is 18.1 Å². The Morgan fingerprint density at radius 3 is 2.28 bits per heavy atom. The Balaban J connectivity index is 2.32. The van der Waals surface area contributed by atoms with E-state index >= 15 is 0 Å². The highest BCUT2D eigenvalue weighted by Crippen LogP contribution is 2.11. The van der Waals surface area contributed by atoms with Crippen LogP contribution in [0.4, 0.5) is 0 Å². The first kappa shape index (κ1) is 15.9. The molecule has 1 saturated heterocycles. The van der Waals surface area contributed by atoms with Crippen molar-refractivity contribution in [1.82, 2.24) is 14.9 Å². The van der Waals surface area contributed by atoms with Crippen molar-refractivity contribution < 1.29 is 8.42 Å². The van der Waals surface area contributed by atoms with E-state index in [0.717, 1.165) is 32.5 Å². The molecular weight excluding hydrogens is 250 g/mol. The van der Waals surface area contributed by atoms with Crippen molar-refractivity contribution in [2.24, 2.45) is 0 Å². The van der Waals surface area contributed by atoms with Gasteiger partial charge in [0.1, 0.15) is 0 Å². The van der Waals surface area contributed by atoms with Crippen LogP contribution in [0.25, 0.3) is 0 Å². The zero-order chi connectivity index (χ0) is 13.8. The first-order valence-electron chi connectivity index (χ1n) is 6.66. The van der Waals surface area contributed by atoms with Crippen molar-refractivity contribution in [2.75, 3.05) is 32.4 Å². The Hall–Kier alpha value is -0.170. The number of likely N-dealkylation sites (tertiary alicyclic amines) is 1. The van der Waals surface area contributed by atoms with Gasteiger partial charge in [-0.25, -0.2) is 13.1 Å². The predicted molar refractivity (Wildman–Crippen MR) is 75.2 cm³/mol. The van der Waals surface area contributed by atoms with Gasteiger partial charge in [-0.15, -0.1) is 0 Å². The minimum absolute atomic E-state index is 0.435.